The van der Waals surface area contributed by atoms with Crippen LogP contribution >= 0.6 is 11.8 Å². The van der Waals surface area contributed by atoms with Crippen molar-refractivity contribution < 1.29 is 9.18 Å². The largest absolute Gasteiger partial charge is 0.356 e. The van der Waals surface area contributed by atoms with Crippen LogP contribution in [0.1, 0.15) is 25.7 Å². The fourth-order valence-electron chi connectivity index (χ4n) is 2.25. The van der Waals surface area contributed by atoms with Crippen molar-refractivity contribution in [1.29, 1.82) is 0 Å². The van der Waals surface area contributed by atoms with Crippen LogP contribution in [0.4, 0.5) is 4.39 Å². The number of amides is 1. The lowest BCUT2D eigenvalue weighted by Gasteiger charge is -2.10. The molecule has 1 saturated heterocycles. The van der Waals surface area contributed by atoms with Gasteiger partial charge in [0.25, 0.3) is 0 Å². The molecule has 1 heterocycles. The maximum absolute atomic E-state index is 12.7. The summed E-state index contributed by atoms with van der Waals surface area (Å²) in [7, 11) is 0. The molecule has 1 fully saturated rings. The Labute approximate surface area is 123 Å². The molecule has 3 nitrogen and oxygen atoms in total. The molecule has 1 aromatic rings. The van der Waals surface area contributed by atoms with Gasteiger partial charge in [-0.15, -0.1) is 11.8 Å². The summed E-state index contributed by atoms with van der Waals surface area (Å²) >= 11 is 1.68. The van der Waals surface area contributed by atoms with Crippen molar-refractivity contribution in [3.63, 3.8) is 0 Å². The second-order valence-corrected chi connectivity index (χ2v) is 6.17. The molecule has 0 bridgehead atoms. The van der Waals surface area contributed by atoms with E-state index in [4.69, 9.17) is 0 Å². The highest BCUT2D eigenvalue weighted by molar-refractivity contribution is 7.99. The Morgan fingerprint density at radius 1 is 1.40 bits per heavy atom. The second kappa shape index (κ2) is 8.27. The van der Waals surface area contributed by atoms with Crippen molar-refractivity contribution in [2.24, 2.45) is 0 Å². The number of benzene rings is 1. The van der Waals surface area contributed by atoms with E-state index in [1.54, 1.807) is 23.9 Å². The van der Waals surface area contributed by atoms with Gasteiger partial charge in [0, 0.05) is 23.9 Å². The van der Waals surface area contributed by atoms with E-state index in [0.717, 1.165) is 30.0 Å². The van der Waals surface area contributed by atoms with Crippen molar-refractivity contribution in [2.45, 2.75) is 36.6 Å². The maximum Gasteiger partial charge on any atom is 0.221 e. The first-order valence-corrected chi connectivity index (χ1v) is 8.11. The van der Waals surface area contributed by atoms with Gasteiger partial charge in [-0.25, -0.2) is 4.39 Å². The average Bonchev–Trinajstić information content (AvgIpc) is 2.93. The summed E-state index contributed by atoms with van der Waals surface area (Å²) in [6.07, 6.45) is 3.79. The van der Waals surface area contributed by atoms with Crippen LogP contribution in [0.15, 0.2) is 29.2 Å². The zero-order valence-corrected chi connectivity index (χ0v) is 12.3. The third-order valence-electron chi connectivity index (χ3n) is 3.32. The number of carbonyl (C=O) groups is 1. The third-order valence-corrected chi connectivity index (χ3v) is 4.42. The van der Waals surface area contributed by atoms with E-state index in [0.29, 0.717) is 19.0 Å². The van der Waals surface area contributed by atoms with Crippen molar-refractivity contribution in [3.8, 4) is 0 Å². The van der Waals surface area contributed by atoms with Gasteiger partial charge in [-0.2, -0.15) is 0 Å². The highest BCUT2D eigenvalue weighted by Crippen LogP contribution is 2.18. The van der Waals surface area contributed by atoms with Gasteiger partial charge in [0.1, 0.15) is 5.82 Å². The molecule has 0 aliphatic carbocycles. The van der Waals surface area contributed by atoms with Crippen LogP contribution in [0.25, 0.3) is 0 Å². The molecule has 0 aromatic heterocycles. The van der Waals surface area contributed by atoms with Crippen molar-refractivity contribution in [3.05, 3.63) is 30.1 Å². The predicted molar refractivity (Wildman–Crippen MR) is 80.4 cm³/mol. The van der Waals surface area contributed by atoms with Crippen LogP contribution in [0.2, 0.25) is 0 Å². The zero-order valence-electron chi connectivity index (χ0n) is 11.5. The minimum Gasteiger partial charge on any atom is -0.356 e. The molecular weight excluding hydrogens is 275 g/mol. The molecule has 110 valence electrons. The summed E-state index contributed by atoms with van der Waals surface area (Å²) in [5.41, 5.74) is 0. The fourth-order valence-corrected chi connectivity index (χ4v) is 3.10. The smallest absolute Gasteiger partial charge is 0.221 e. The topological polar surface area (TPSA) is 41.1 Å². The molecule has 2 N–H and O–H groups in total. The first-order valence-electron chi connectivity index (χ1n) is 7.12. The Hall–Kier alpha value is -1.07. The van der Waals surface area contributed by atoms with Crippen LogP contribution in [0, 0.1) is 5.82 Å². The molecular formula is C15H21FN2OS. The molecule has 1 atom stereocenters. The number of halogens is 1. The summed E-state index contributed by atoms with van der Waals surface area (Å²) in [4.78, 5) is 12.7. The first kappa shape index (κ1) is 15.3. The van der Waals surface area contributed by atoms with Crippen LogP contribution in [-0.2, 0) is 4.79 Å². The molecule has 1 aliphatic rings. The molecule has 1 unspecified atom stereocenters. The SMILES string of the molecule is O=C(CC1CCCN1)NCCCSc1ccc(F)cc1. The summed E-state index contributed by atoms with van der Waals surface area (Å²) in [5.74, 6) is 0.853. The van der Waals surface area contributed by atoms with E-state index < -0.39 is 0 Å². The average molecular weight is 296 g/mol. The Kier molecular flexibility index (Phi) is 6.33. The Balaban J connectivity index is 1.52. The third kappa shape index (κ3) is 5.51. The normalized spacial score (nSPS) is 18.1. The van der Waals surface area contributed by atoms with E-state index >= 15 is 0 Å². The Morgan fingerprint density at radius 3 is 2.90 bits per heavy atom. The minimum absolute atomic E-state index is 0.135. The molecule has 0 saturated carbocycles. The molecule has 1 aliphatic heterocycles. The number of nitrogens with one attached hydrogen (secondary N) is 2. The lowest BCUT2D eigenvalue weighted by Crippen LogP contribution is -2.32. The predicted octanol–water partition coefficient (Wildman–Crippen LogP) is 2.57. The fraction of sp³-hybridized carbons (Fsp3) is 0.533. The van der Waals surface area contributed by atoms with Gasteiger partial charge in [-0.3, -0.25) is 4.79 Å². The standard InChI is InChI=1S/C15H21FN2OS/c16-12-4-6-14(7-5-12)20-10-2-9-18-15(19)11-13-3-1-8-17-13/h4-7,13,17H,1-3,8-11H2,(H,18,19). The number of hydrogen-bond acceptors (Lipinski definition) is 3. The van der Waals surface area contributed by atoms with Gasteiger partial charge >= 0.3 is 0 Å². The van der Waals surface area contributed by atoms with Crippen LogP contribution < -0.4 is 10.6 Å². The van der Waals surface area contributed by atoms with Gasteiger partial charge in [-0.05, 0) is 55.8 Å². The van der Waals surface area contributed by atoms with E-state index in [1.165, 1.54) is 18.6 Å². The lowest BCUT2D eigenvalue weighted by molar-refractivity contribution is -0.121. The highest BCUT2D eigenvalue weighted by Gasteiger charge is 2.16. The molecule has 20 heavy (non-hydrogen) atoms. The van der Waals surface area contributed by atoms with Gasteiger partial charge < -0.3 is 10.6 Å². The zero-order chi connectivity index (χ0) is 14.2. The summed E-state index contributed by atoms with van der Waals surface area (Å²) in [5, 5.41) is 6.27. The van der Waals surface area contributed by atoms with Gasteiger partial charge in [0.2, 0.25) is 5.91 Å². The first-order chi connectivity index (χ1) is 9.74. The summed E-state index contributed by atoms with van der Waals surface area (Å²) in [6.45, 7) is 1.74. The molecule has 5 heteroatoms. The summed E-state index contributed by atoms with van der Waals surface area (Å²) in [6, 6.07) is 6.87. The number of rotatable bonds is 7. The van der Waals surface area contributed by atoms with E-state index in [9.17, 15) is 9.18 Å². The van der Waals surface area contributed by atoms with Crippen LogP contribution in [0.5, 0.6) is 0 Å². The minimum atomic E-state index is -0.206. The number of thioether (sulfide) groups is 1. The Morgan fingerprint density at radius 2 is 2.20 bits per heavy atom. The van der Waals surface area contributed by atoms with Gasteiger partial charge in [0.15, 0.2) is 0 Å². The van der Waals surface area contributed by atoms with Crippen molar-refractivity contribution in [1.82, 2.24) is 10.6 Å². The monoisotopic (exact) mass is 296 g/mol. The van der Waals surface area contributed by atoms with Crippen LogP contribution in [-0.4, -0.2) is 30.8 Å². The van der Waals surface area contributed by atoms with E-state index in [-0.39, 0.29) is 11.7 Å². The van der Waals surface area contributed by atoms with Crippen molar-refractivity contribution >= 4 is 17.7 Å². The van der Waals surface area contributed by atoms with Gasteiger partial charge in [0.05, 0.1) is 0 Å². The number of hydrogen-bond donors (Lipinski definition) is 2. The Bertz CT molecular complexity index is 418. The molecule has 0 radical (unpaired) electrons. The van der Waals surface area contributed by atoms with E-state index in [2.05, 4.69) is 10.6 Å². The molecule has 1 amide bonds. The van der Waals surface area contributed by atoms with Crippen LogP contribution in [0.3, 0.4) is 0 Å². The van der Waals surface area contributed by atoms with Gasteiger partial charge in [-0.1, -0.05) is 0 Å². The molecule has 2 rings (SSSR count). The summed E-state index contributed by atoms with van der Waals surface area (Å²) < 4.78 is 12.7. The van der Waals surface area contributed by atoms with E-state index in [1.807, 2.05) is 0 Å². The molecule has 0 spiro atoms. The quantitative estimate of drug-likeness (QED) is 0.600. The van der Waals surface area contributed by atoms with Crippen molar-refractivity contribution in [2.75, 3.05) is 18.8 Å². The number of carbonyl (C=O) groups excluding carboxylic acids is 1. The lowest BCUT2D eigenvalue weighted by atomic mass is 10.1. The second-order valence-electron chi connectivity index (χ2n) is 5.00. The molecule has 1 aromatic carbocycles. The maximum atomic E-state index is 12.7. The highest BCUT2D eigenvalue weighted by atomic mass is 32.2.